The summed E-state index contributed by atoms with van der Waals surface area (Å²) < 4.78 is 24.7. The van der Waals surface area contributed by atoms with Crippen LogP contribution < -0.4 is 0 Å². The number of carbonyl (C=O) groups is 1. The number of aliphatic carboxylic acids is 1. The second-order valence-corrected chi connectivity index (χ2v) is 3.61. The quantitative estimate of drug-likeness (QED) is 0.725. The van der Waals surface area contributed by atoms with Gasteiger partial charge in [-0.15, -0.1) is 0 Å². The first kappa shape index (κ1) is 10.4. The van der Waals surface area contributed by atoms with Crippen LogP contribution in [0.2, 0.25) is 0 Å². The molecule has 3 nitrogen and oxygen atoms in total. The van der Waals surface area contributed by atoms with Gasteiger partial charge >= 0.3 is 5.97 Å². The molecule has 0 saturated carbocycles. The van der Waals surface area contributed by atoms with Crippen molar-refractivity contribution in [3.05, 3.63) is 0 Å². The molecule has 0 atom stereocenters. The number of hydrogen-bond acceptors (Lipinski definition) is 2. The maximum Gasteiger partial charge on any atom is 0.309 e. The number of carboxylic acids is 1. The van der Waals surface area contributed by atoms with E-state index >= 15 is 0 Å². The zero-order valence-corrected chi connectivity index (χ0v) is 7.46. The molecule has 0 aromatic rings. The van der Waals surface area contributed by atoms with Gasteiger partial charge in [-0.25, -0.2) is 8.78 Å². The summed E-state index contributed by atoms with van der Waals surface area (Å²) in [5.74, 6) is -3.83. The largest absolute Gasteiger partial charge is 0.481 e. The predicted octanol–water partition coefficient (Wildman–Crippen LogP) is 1.05. The fourth-order valence-corrected chi connectivity index (χ4v) is 1.26. The van der Waals surface area contributed by atoms with Gasteiger partial charge in [0.2, 0.25) is 5.92 Å². The third kappa shape index (κ3) is 3.26. The molecule has 76 valence electrons. The first-order chi connectivity index (χ1) is 5.88. The third-order valence-electron chi connectivity index (χ3n) is 2.17. The molecule has 1 saturated heterocycles. The van der Waals surface area contributed by atoms with E-state index in [0.29, 0.717) is 13.1 Å². The van der Waals surface area contributed by atoms with E-state index in [2.05, 4.69) is 0 Å². The van der Waals surface area contributed by atoms with Crippen LogP contribution in [0.4, 0.5) is 8.78 Å². The second kappa shape index (κ2) is 3.57. The van der Waals surface area contributed by atoms with Crippen molar-refractivity contribution >= 4 is 5.97 Å². The highest BCUT2D eigenvalue weighted by atomic mass is 19.3. The molecule has 5 heteroatoms. The average Bonchev–Trinajstić information content (AvgIpc) is 1.79. The second-order valence-electron chi connectivity index (χ2n) is 3.61. The number of alkyl halides is 2. The number of likely N-dealkylation sites (tertiary alicyclic amines) is 1. The topological polar surface area (TPSA) is 40.5 Å². The van der Waals surface area contributed by atoms with Crippen LogP contribution >= 0.6 is 0 Å². The van der Waals surface area contributed by atoms with Crippen LogP contribution in [0.3, 0.4) is 0 Å². The van der Waals surface area contributed by atoms with Crippen molar-refractivity contribution in [3.8, 4) is 0 Å². The molecule has 0 amide bonds. The SMILES string of the molecule is CC(F)(F)CCN1CC(C(=O)O)C1. The van der Waals surface area contributed by atoms with Gasteiger partial charge in [0.25, 0.3) is 0 Å². The first-order valence-corrected chi connectivity index (χ1v) is 4.21. The molecule has 0 aromatic carbocycles. The Bertz CT molecular complexity index is 197. The van der Waals surface area contributed by atoms with Gasteiger partial charge in [-0.1, -0.05) is 0 Å². The predicted molar refractivity (Wildman–Crippen MR) is 42.8 cm³/mol. The fourth-order valence-electron chi connectivity index (χ4n) is 1.26. The van der Waals surface area contributed by atoms with E-state index in [1.807, 2.05) is 0 Å². The minimum Gasteiger partial charge on any atom is -0.481 e. The summed E-state index contributed by atoms with van der Waals surface area (Å²) in [7, 11) is 0. The van der Waals surface area contributed by atoms with Gasteiger partial charge in [0.15, 0.2) is 0 Å². The lowest BCUT2D eigenvalue weighted by Crippen LogP contribution is -2.51. The molecule has 0 spiro atoms. The molecule has 0 bridgehead atoms. The number of hydrogen-bond donors (Lipinski definition) is 1. The van der Waals surface area contributed by atoms with Crippen molar-refractivity contribution in [1.29, 1.82) is 0 Å². The summed E-state index contributed by atoms with van der Waals surface area (Å²) in [6.45, 7) is 1.98. The Balaban J connectivity index is 2.12. The van der Waals surface area contributed by atoms with Crippen LogP contribution in [0.25, 0.3) is 0 Å². The average molecular weight is 193 g/mol. The van der Waals surface area contributed by atoms with Gasteiger partial charge in [-0.2, -0.15) is 0 Å². The highest BCUT2D eigenvalue weighted by molar-refractivity contribution is 5.71. The molecule has 1 fully saturated rings. The third-order valence-corrected chi connectivity index (χ3v) is 2.17. The van der Waals surface area contributed by atoms with Crippen molar-refractivity contribution in [3.63, 3.8) is 0 Å². The van der Waals surface area contributed by atoms with E-state index < -0.39 is 11.9 Å². The first-order valence-electron chi connectivity index (χ1n) is 4.21. The number of nitrogens with zero attached hydrogens (tertiary/aromatic N) is 1. The molecule has 1 N–H and O–H groups in total. The van der Waals surface area contributed by atoms with Crippen LogP contribution in [0.5, 0.6) is 0 Å². The summed E-state index contributed by atoms with van der Waals surface area (Å²) in [4.78, 5) is 12.1. The molecule has 0 unspecified atom stereocenters. The molecular formula is C8H13F2NO2. The molecule has 0 radical (unpaired) electrons. The van der Waals surface area contributed by atoms with Crippen molar-refractivity contribution in [2.24, 2.45) is 5.92 Å². The van der Waals surface area contributed by atoms with Gasteiger partial charge in [0, 0.05) is 26.1 Å². The van der Waals surface area contributed by atoms with Gasteiger partial charge in [0.1, 0.15) is 0 Å². The normalized spacial score (nSPS) is 19.9. The molecular weight excluding hydrogens is 180 g/mol. The molecule has 13 heavy (non-hydrogen) atoms. The molecule has 1 rings (SSSR count). The number of carboxylic acid groups (broad SMARTS) is 1. The van der Waals surface area contributed by atoms with E-state index in [1.165, 1.54) is 0 Å². The van der Waals surface area contributed by atoms with Crippen LogP contribution in [-0.4, -0.2) is 41.5 Å². The maximum absolute atomic E-state index is 12.4. The van der Waals surface area contributed by atoms with Crippen molar-refractivity contribution in [2.75, 3.05) is 19.6 Å². The Labute approximate surface area is 75.3 Å². The van der Waals surface area contributed by atoms with Crippen molar-refractivity contribution in [1.82, 2.24) is 4.90 Å². The van der Waals surface area contributed by atoms with Gasteiger partial charge < -0.3 is 10.0 Å². The van der Waals surface area contributed by atoms with E-state index in [1.54, 1.807) is 4.90 Å². The lowest BCUT2D eigenvalue weighted by atomic mass is 10.00. The fraction of sp³-hybridized carbons (Fsp3) is 0.875. The van der Waals surface area contributed by atoms with Crippen LogP contribution in [0.15, 0.2) is 0 Å². The Morgan fingerprint density at radius 3 is 2.54 bits per heavy atom. The summed E-state index contributed by atoms with van der Waals surface area (Å²) >= 11 is 0. The van der Waals surface area contributed by atoms with Crippen molar-refractivity contribution in [2.45, 2.75) is 19.3 Å². The summed E-state index contributed by atoms with van der Waals surface area (Å²) in [6, 6.07) is 0. The monoisotopic (exact) mass is 193 g/mol. The van der Waals surface area contributed by atoms with E-state index in [4.69, 9.17) is 5.11 Å². The highest BCUT2D eigenvalue weighted by Gasteiger charge is 2.33. The molecule has 1 heterocycles. The molecule has 0 aromatic heterocycles. The minimum atomic E-state index is -2.64. The highest BCUT2D eigenvalue weighted by Crippen LogP contribution is 2.21. The standard InChI is InChI=1S/C8H13F2NO2/c1-8(9,10)2-3-11-4-6(5-11)7(12)13/h6H,2-5H2,1H3,(H,12,13). The summed E-state index contributed by atoms with van der Waals surface area (Å²) in [5, 5.41) is 8.50. The zero-order chi connectivity index (χ0) is 10.1. The lowest BCUT2D eigenvalue weighted by Gasteiger charge is -2.37. The molecule has 1 aliphatic rings. The summed E-state index contributed by atoms with van der Waals surface area (Å²) in [5.41, 5.74) is 0. The van der Waals surface area contributed by atoms with Crippen molar-refractivity contribution < 1.29 is 18.7 Å². The lowest BCUT2D eigenvalue weighted by molar-refractivity contribution is -0.147. The summed E-state index contributed by atoms with van der Waals surface area (Å²) in [6.07, 6.45) is -0.195. The smallest absolute Gasteiger partial charge is 0.309 e. The molecule has 1 aliphatic heterocycles. The van der Waals surface area contributed by atoms with Gasteiger partial charge in [0.05, 0.1) is 5.92 Å². The van der Waals surface area contributed by atoms with E-state index in [-0.39, 0.29) is 18.9 Å². The Hall–Kier alpha value is -0.710. The molecule has 0 aliphatic carbocycles. The van der Waals surface area contributed by atoms with Gasteiger partial charge in [-0.05, 0) is 6.92 Å². The van der Waals surface area contributed by atoms with Gasteiger partial charge in [-0.3, -0.25) is 4.79 Å². The minimum absolute atomic E-state index is 0.195. The Morgan fingerprint density at radius 1 is 1.62 bits per heavy atom. The number of halogens is 2. The van der Waals surface area contributed by atoms with Crippen LogP contribution in [0.1, 0.15) is 13.3 Å². The maximum atomic E-state index is 12.4. The zero-order valence-electron chi connectivity index (χ0n) is 7.46. The van der Waals surface area contributed by atoms with E-state index in [0.717, 1.165) is 6.92 Å². The Kier molecular flexibility index (Phi) is 2.85. The van der Waals surface area contributed by atoms with Crippen LogP contribution in [0, 0.1) is 5.92 Å². The number of rotatable bonds is 4. The van der Waals surface area contributed by atoms with E-state index in [9.17, 15) is 13.6 Å². The Morgan fingerprint density at radius 2 is 2.15 bits per heavy atom. The van der Waals surface area contributed by atoms with Crippen LogP contribution in [-0.2, 0) is 4.79 Å².